The van der Waals surface area contributed by atoms with Gasteiger partial charge in [0.05, 0.1) is 27.6 Å². The average Bonchev–Trinajstić information content (AvgIpc) is 2.46. The molecule has 1 unspecified atom stereocenters. The number of hydrogen-bond acceptors (Lipinski definition) is 3. The first-order chi connectivity index (χ1) is 11.7. The number of likely N-dealkylation sites (N-methyl/N-ethyl adjacent to an activating group) is 1. The number of aliphatic carboxylic acids is 1. The summed E-state index contributed by atoms with van der Waals surface area (Å²) in [7, 11) is 5.88. The van der Waals surface area contributed by atoms with Gasteiger partial charge in [-0.15, -0.1) is 0 Å². The van der Waals surface area contributed by atoms with Gasteiger partial charge in [-0.1, -0.05) is 44.8 Å². The number of unbranched alkanes of at least 4 members (excludes halogenated alkanes) is 6. The fraction of sp³-hybridized carbons (Fsp3) is 0.800. The molecule has 0 radical (unpaired) electrons. The molecule has 5 nitrogen and oxygen atoms in total. The van der Waals surface area contributed by atoms with Crippen LogP contribution < -0.4 is 0 Å². The van der Waals surface area contributed by atoms with E-state index >= 15 is 0 Å². The summed E-state index contributed by atoms with van der Waals surface area (Å²) < 4.78 is 5.94. The van der Waals surface area contributed by atoms with E-state index in [2.05, 4.69) is 19.1 Å². The van der Waals surface area contributed by atoms with Crippen molar-refractivity contribution in [2.24, 2.45) is 0 Å². The zero-order valence-corrected chi connectivity index (χ0v) is 16.6. The smallest absolute Gasteiger partial charge is 0.307 e. The van der Waals surface area contributed by atoms with E-state index in [4.69, 9.17) is 9.84 Å². The van der Waals surface area contributed by atoms with E-state index in [1.54, 1.807) is 0 Å². The maximum absolute atomic E-state index is 11.9. The van der Waals surface area contributed by atoms with E-state index in [-0.39, 0.29) is 12.4 Å². The van der Waals surface area contributed by atoms with Gasteiger partial charge in [0.1, 0.15) is 6.54 Å². The number of nitrogens with zero attached hydrogens (tertiary/aromatic N) is 1. The highest BCUT2D eigenvalue weighted by Crippen LogP contribution is 2.11. The maximum atomic E-state index is 11.9. The molecule has 0 rings (SSSR count). The molecule has 0 fully saturated rings. The van der Waals surface area contributed by atoms with Gasteiger partial charge in [-0.2, -0.15) is 0 Å². The average molecular weight is 357 g/mol. The Hall–Kier alpha value is -1.36. The van der Waals surface area contributed by atoms with Crippen LogP contribution in [0.2, 0.25) is 0 Å². The van der Waals surface area contributed by atoms with Crippen molar-refractivity contribution in [3.63, 3.8) is 0 Å². The van der Waals surface area contributed by atoms with E-state index < -0.39 is 12.1 Å². The van der Waals surface area contributed by atoms with Crippen LogP contribution in [-0.4, -0.2) is 55.3 Å². The molecule has 0 aromatic carbocycles. The van der Waals surface area contributed by atoms with Gasteiger partial charge in [-0.3, -0.25) is 9.59 Å². The first-order valence-electron chi connectivity index (χ1n) is 9.61. The Morgan fingerprint density at radius 1 is 1.00 bits per heavy atom. The number of carboxylic acid groups (broad SMARTS) is 1. The quantitative estimate of drug-likeness (QED) is 0.207. The van der Waals surface area contributed by atoms with Crippen LogP contribution in [0.25, 0.3) is 0 Å². The zero-order chi connectivity index (χ0) is 19.1. The third kappa shape index (κ3) is 17.3. The molecule has 0 aliphatic carbocycles. The van der Waals surface area contributed by atoms with E-state index in [0.717, 1.165) is 25.7 Å². The van der Waals surface area contributed by atoms with Crippen LogP contribution in [0.4, 0.5) is 0 Å². The highest BCUT2D eigenvalue weighted by molar-refractivity contribution is 5.71. The SMILES string of the molecule is CCC/C=C/CCCCCCCC(=O)OC(CC(=O)O)C[N+](C)(C)C. The Labute approximate surface area is 153 Å². The van der Waals surface area contributed by atoms with Gasteiger partial charge in [-0.25, -0.2) is 0 Å². The van der Waals surface area contributed by atoms with E-state index in [0.29, 0.717) is 17.4 Å². The predicted molar refractivity (Wildman–Crippen MR) is 101 cm³/mol. The van der Waals surface area contributed by atoms with Crippen molar-refractivity contribution in [2.45, 2.75) is 77.2 Å². The number of rotatable bonds is 15. The molecule has 0 aliphatic heterocycles. The van der Waals surface area contributed by atoms with Crippen molar-refractivity contribution in [2.75, 3.05) is 27.7 Å². The molecule has 0 aromatic rings. The molecule has 0 saturated heterocycles. The van der Waals surface area contributed by atoms with Crippen molar-refractivity contribution in [1.29, 1.82) is 0 Å². The van der Waals surface area contributed by atoms with Crippen LogP contribution in [0.15, 0.2) is 12.2 Å². The normalized spacial score (nSPS) is 13.1. The lowest BCUT2D eigenvalue weighted by Gasteiger charge is -2.28. The van der Waals surface area contributed by atoms with Crippen LogP contribution >= 0.6 is 0 Å². The molecule has 0 bridgehead atoms. The lowest BCUT2D eigenvalue weighted by Crippen LogP contribution is -2.43. The van der Waals surface area contributed by atoms with Gasteiger partial charge < -0.3 is 14.3 Å². The third-order valence-corrected chi connectivity index (χ3v) is 3.83. The Bertz CT molecular complexity index is 399. The molecular weight excluding hydrogens is 318 g/mol. The number of allylic oxidation sites excluding steroid dienone is 2. The maximum Gasteiger partial charge on any atom is 0.307 e. The predicted octanol–water partition coefficient (Wildman–Crippen LogP) is 4.17. The standard InChI is InChI=1S/C20H37NO4/c1-5-6-7-8-9-10-11-12-13-14-15-20(24)25-18(16-19(22)23)17-21(2,3)4/h7-8,18H,5-6,9-17H2,1-4H3/p+1/b8-7+. The fourth-order valence-electron chi connectivity index (χ4n) is 2.66. The number of carbonyl (C=O) groups excluding carboxylic acids is 1. The van der Waals surface area contributed by atoms with Gasteiger partial charge in [0.2, 0.25) is 0 Å². The van der Waals surface area contributed by atoms with Crippen LogP contribution in [0.5, 0.6) is 0 Å². The molecule has 0 spiro atoms. The van der Waals surface area contributed by atoms with Crippen LogP contribution in [0, 0.1) is 0 Å². The molecule has 1 N–H and O–H groups in total. The summed E-state index contributed by atoms with van der Waals surface area (Å²) in [6.07, 6.45) is 13.1. The summed E-state index contributed by atoms with van der Waals surface area (Å²) in [5, 5.41) is 8.96. The molecule has 0 aliphatic rings. The minimum Gasteiger partial charge on any atom is -0.481 e. The minimum absolute atomic E-state index is 0.132. The van der Waals surface area contributed by atoms with Gasteiger partial charge in [0.15, 0.2) is 6.10 Å². The Balaban J connectivity index is 3.83. The molecule has 1 atom stereocenters. The molecular formula is C20H38NO4+. The number of esters is 1. The minimum atomic E-state index is -0.931. The van der Waals surface area contributed by atoms with Crippen molar-refractivity contribution in [1.82, 2.24) is 0 Å². The number of carbonyl (C=O) groups is 2. The molecule has 0 aromatic heterocycles. The molecule has 146 valence electrons. The Morgan fingerprint density at radius 3 is 2.20 bits per heavy atom. The monoisotopic (exact) mass is 356 g/mol. The highest BCUT2D eigenvalue weighted by atomic mass is 16.5. The van der Waals surface area contributed by atoms with Crippen molar-refractivity contribution in [3.05, 3.63) is 12.2 Å². The molecule has 25 heavy (non-hydrogen) atoms. The van der Waals surface area contributed by atoms with Gasteiger partial charge in [0, 0.05) is 6.42 Å². The number of ether oxygens (including phenoxy) is 1. The first kappa shape index (κ1) is 23.6. The number of hydrogen-bond donors (Lipinski definition) is 1. The van der Waals surface area contributed by atoms with Gasteiger partial charge in [0.25, 0.3) is 0 Å². The lowest BCUT2D eigenvalue weighted by atomic mass is 10.1. The largest absolute Gasteiger partial charge is 0.481 e. The highest BCUT2D eigenvalue weighted by Gasteiger charge is 2.24. The van der Waals surface area contributed by atoms with Crippen LogP contribution in [0.3, 0.4) is 0 Å². The van der Waals surface area contributed by atoms with Gasteiger partial charge >= 0.3 is 11.9 Å². The van der Waals surface area contributed by atoms with Crippen molar-refractivity contribution in [3.8, 4) is 0 Å². The Morgan fingerprint density at radius 2 is 1.60 bits per heavy atom. The van der Waals surface area contributed by atoms with Crippen LogP contribution in [0.1, 0.15) is 71.1 Å². The third-order valence-electron chi connectivity index (χ3n) is 3.83. The second-order valence-electron chi connectivity index (χ2n) is 7.75. The van der Waals surface area contributed by atoms with E-state index in [1.807, 2.05) is 21.1 Å². The van der Waals surface area contributed by atoms with Crippen molar-refractivity contribution < 1.29 is 23.9 Å². The fourth-order valence-corrected chi connectivity index (χ4v) is 2.66. The van der Waals surface area contributed by atoms with E-state index in [1.165, 1.54) is 25.7 Å². The lowest BCUT2D eigenvalue weighted by molar-refractivity contribution is -0.873. The summed E-state index contributed by atoms with van der Waals surface area (Å²) in [6, 6.07) is 0. The van der Waals surface area contributed by atoms with Crippen LogP contribution in [-0.2, 0) is 14.3 Å². The molecule has 0 saturated carbocycles. The topological polar surface area (TPSA) is 63.6 Å². The summed E-state index contributed by atoms with van der Waals surface area (Å²) >= 11 is 0. The Kier molecular flexibility index (Phi) is 13.1. The summed E-state index contributed by atoms with van der Waals surface area (Å²) in [5.41, 5.74) is 0. The summed E-state index contributed by atoms with van der Waals surface area (Å²) in [4.78, 5) is 22.8. The molecule has 0 amide bonds. The molecule has 5 heteroatoms. The second kappa shape index (κ2) is 13.9. The first-order valence-corrected chi connectivity index (χ1v) is 9.61. The number of carboxylic acids is 1. The zero-order valence-electron chi connectivity index (χ0n) is 16.6. The summed E-state index contributed by atoms with van der Waals surface area (Å²) in [5.74, 6) is -1.21. The molecule has 0 heterocycles. The summed E-state index contributed by atoms with van der Waals surface area (Å²) in [6.45, 7) is 2.69. The van der Waals surface area contributed by atoms with E-state index in [9.17, 15) is 9.59 Å². The van der Waals surface area contributed by atoms with Gasteiger partial charge in [-0.05, 0) is 25.7 Å². The van der Waals surface area contributed by atoms with Crippen molar-refractivity contribution >= 4 is 11.9 Å². The number of quaternary nitrogens is 1. The second-order valence-corrected chi connectivity index (χ2v) is 7.75.